The van der Waals surface area contributed by atoms with Crippen molar-refractivity contribution >= 4 is 33.4 Å². The molecule has 2 saturated carbocycles. The number of carbonyl (C=O) groups is 2. The van der Waals surface area contributed by atoms with Crippen LogP contribution in [0.25, 0.3) is 0 Å². The molecule has 1 aliphatic heterocycles. The van der Waals surface area contributed by atoms with E-state index < -0.39 is 38.4 Å². The van der Waals surface area contributed by atoms with Crippen molar-refractivity contribution in [3.05, 3.63) is 34.9 Å². The summed E-state index contributed by atoms with van der Waals surface area (Å²) in [5.74, 6) is -0.254. The van der Waals surface area contributed by atoms with Gasteiger partial charge >= 0.3 is 6.09 Å². The van der Waals surface area contributed by atoms with Crippen molar-refractivity contribution in [2.24, 2.45) is 0 Å². The average Bonchev–Trinajstić information content (AvgIpc) is 3.59. The molecule has 3 fully saturated rings. The summed E-state index contributed by atoms with van der Waals surface area (Å²) < 4.78 is 29.7. The Hall–Kier alpha value is -2.31. The Labute approximate surface area is 180 Å². The Bertz CT molecular complexity index is 1030. The molecule has 0 radical (unpaired) electrons. The molecule has 0 unspecified atom stereocenters. The third-order valence-electron chi connectivity index (χ3n) is 6.18. The first-order valence-corrected chi connectivity index (χ1v) is 12.1. The minimum absolute atomic E-state index is 0.00818. The molecular formula is C20H22ClN3O5S. The average molecular weight is 452 g/mol. The minimum Gasteiger partial charge on any atom is -0.425 e. The van der Waals surface area contributed by atoms with Gasteiger partial charge in [0, 0.05) is 24.2 Å². The summed E-state index contributed by atoms with van der Waals surface area (Å²) in [6.07, 6.45) is 1.64. The topological polar surface area (TPSA) is 117 Å². The van der Waals surface area contributed by atoms with Crippen molar-refractivity contribution in [3.63, 3.8) is 0 Å². The zero-order valence-electron chi connectivity index (χ0n) is 16.4. The number of nitrogens with one attached hydrogen (secondary N) is 1. The van der Waals surface area contributed by atoms with Gasteiger partial charge in [-0.2, -0.15) is 5.26 Å². The van der Waals surface area contributed by atoms with Crippen LogP contribution in [0.2, 0.25) is 5.02 Å². The molecule has 3 aliphatic rings. The summed E-state index contributed by atoms with van der Waals surface area (Å²) in [5, 5.41) is 11.4. The van der Waals surface area contributed by atoms with E-state index in [1.165, 1.54) is 4.90 Å². The predicted octanol–water partition coefficient (Wildman–Crippen LogP) is 2.13. The highest BCUT2D eigenvalue weighted by molar-refractivity contribution is 7.91. The third kappa shape index (κ3) is 3.86. The lowest BCUT2D eigenvalue weighted by Crippen LogP contribution is -2.46. The number of nitriles is 1. The van der Waals surface area contributed by atoms with Gasteiger partial charge in [-0.15, -0.1) is 0 Å². The Kier molecular flexibility index (Phi) is 4.98. The number of halogens is 1. The van der Waals surface area contributed by atoms with E-state index in [-0.39, 0.29) is 18.9 Å². The van der Waals surface area contributed by atoms with Crippen LogP contribution >= 0.6 is 11.6 Å². The molecule has 10 heteroatoms. The van der Waals surface area contributed by atoms with Gasteiger partial charge in [-0.3, -0.25) is 4.79 Å². The molecule has 2 aliphatic carbocycles. The Morgan fingerprint density at radius 1 is 1.23 bits per heavy atom. The van der Waals surface area contributed by atoms with E-state index in [4.69, 9.17) is 21.6 Å². The van der Waals surface area contributed by atoms with Gasteiger partial charge in [0.1, 0.15) is 5.54 Å². The van der Waals surface area contributed by atoms with Gasteiger partial charge in [0.05, 0.1) is 16.7 Å². The zero-order chi connectivity index (χ0) is 21.7. The van der Waals surface area contributed by atoms with Gasteiger partial charge in [0.15, 0.2) is 16.1 Å². The van der Waals surface area contributed by atoms with Gasteiger partial charge in [-0.1, -0.05) is 23.7 Å². The fraction of sp³-hybridized carbons (Fsp3) is 0.550. The Morgan fingerprint density at radius 3 is 2.37 bits per heavy atom. The molecule has 0 bridgehead atoms. The molecule has 1 heterocycles. The Balaban J connectivity index is 1.55. The van der Waals surface area contributed by atoms with Crippen molar-refractivity contribution in [1.82, 2.24) is 10.2 Å². The van der Waals surface area contributed by atoms with Gasteiger partial charge < -0.3 is 15.0 Å². The molecule has 0 aromatic heterocycles. The van der Waals surface area contributed by atoms with Gasteiger partial charge in [-0.05, 0) is 43.4 Å². The smallest absolute Gasteiger partial charge is 0.410 e. The van der Waals surface area contributed by atoms with E-state index in [1.807, 2.05) is 6.07 Å². The molecular weight excluding hydrogens is 430 g/mol. The van der Waals surface area contributed by atoms with Crippen LogP contribution < -0.4 is 5.32 Å². The lowest BCUT2D eigenvalue weighted by Gasteiger charge is -2.29. The molecule has 4 rings (SSSR count). The highest BCUT2D eigenvalue weighted by Crippen LogP contribution is 2.51. The molecule has 1 aromatic rings. The maximum atomic E-state index is 13.5. The highest BCUT2D eigenvalue weighted by atomic mass is 35.5. The number of benzene rings is 1. The summed E-state index contributed by atoms with van der Waals surface area (Å²) in [7, 11) is -3.44. The number of nitrogens with zero attached hydrogens (tertiary/aromatic N) is 2. The molecule has 8 nitrogen and oxygen atoms in total. The second-order valence-electron chi connectivity index (χ2n) is 8.41. The number of amides is 2. The molecule has 30 heavy (non-hydrogen) atoms. The fourth-order valence-electron chi connectivity index (χ4n) is 3.93. The van der Waals surface area contributed by atoms with Crippen LogP contribution in [-0.4, -0.2) is 55.1 Å². The summed E-state index contributed by atoms with van der Waals surface area (Å²) in [5.41, 5.74) is -0.856. The molecule has 1 N–H and O–H groups in total. The van der Waals surface area contributed by atoms with E-state index in [2.05, 4.69) is 5.32 Å². The fourth-order valence-corrected chi connectivity index (χ4v) is 5.00. The highest BCUT2D eigenvalue weighted by Gasteiger charge is 2.56. The monoisotopic (exact) mass is 451 g/mol. The van der Waals surface area contributed by atoms with Crippen LogP contribution in [0.15, 0.2) is 24.3 Å². The minimum atomic E-state index is -3.44. The van der Waals surface area contributed by atoms with Crippen LogP contribution in [0.5, 0.6) is 0 Å². The zero-order valence-corrected chi connectivity index (χ0v) is 18.0. The third-order valence-corrected chi connectivity index (χ3v) is 7.99. The number of rotatable bonds is 5. The van der Waals surface area contributed by atoms with Crippen molar-refractivity contribution in [3.8, 4) is 6.07 Å². The molecule has 160 valence electrons. The first-order chi connectivity index (χ1) is 14.1. The van der Waals surface area contributed by atoms with Gasteiger partial charge in [-0.25, -0.2) is 13.2 Å². The quantitative estimate of drug-likeness (QED) is 0.732. The SMILES string of the molecule is CS(=O)(=O)[C@@H]1C[C@H](OC(=O)NC2(C#N)CC2)N(C(=O)C2(c3ccc(Cl)cc3)CC2)C1. The standard InChI is InChI=1S/C20H22ClN3O5S/c1-30(27,28)15-10-16(29-18(26)23-19(12-22)6-7-19)24(11-15)17(25)20(8-9-20)13-2-4-14(21)5-3-13/h2-5,15-16H,6-11H2,1H3,(H,23,26)/t15-,16+/m1/s1. The molecule has 1 aromatic carbocycles. The molecule has 1 saturated heterocycles. The first-order valence-electron chi connectivity index (χ1n) is 9.75. The summed E-state index contributed by atoms with van der Waals surface area (Å²) >= 11 is 5.96. The maximum Gasteiger partial charge on any atom is 0.410 e. The molecule has 2 amide bonds. The van der Waals surface area contributed by atoms with Crippen LogP contribution in [0.3, 0.4) is 0 Å². The van der Waals surface area contributed by atoms with E-state index >= 15 is 0 Å². The van der Waals surface area contributed by atoms with Crippen molar-refractivity contribution in [2.75, 3.05) is 12.8 Å². The molecule has 0 spiro atoms. The molecule has 2 atom stereocenters. The largest absolute Gasteiger partial charge is 0.425 e. The second kappa shape index (κ2) is 7.13. The van der Waals surface area contributed by atoms with Crippen molar-refractivity contribution in [2.45, 2.75) is 54.5 Å². The number of ether oxygens (including phenoxy) is 1. The number of sulfone groups is 1. The van der Waals surface area contributed by atoms with Crippen molar-refractivity contribution < 1.29 is 22.7 Å². The van der Waals surface area contributed by atoms with E-state index in [0.29, 0.717) is 30.7 Å². The lowest BCUT2D eigenvalue weighted by molar-refractivity contribution is -0.140. The lowest BCUT2D eigenvalue weighted by atomic mass is 9.94. The van der Waals surface area contributed by atoms with Crippen LogP contribution in [-0.2, 0) is 24.8 Å². The summed E-state index contributed by atoms with van der Waals surface area (Å²) in [6, 6.07) is 9.06. The normalized spacial score (nSPS) is 25.8. The van der Waals surface area contributed by atoms with E-state index in [1.54, 1.807) is 24.3 Å². The van der Waals surface area contributed by atoms with Crippen LogP contribution in [0, 0.1) is 11.3 Å². The van der Waals surface area contributed by atoms with E-state index in [0.717, 1.165) is 11.8 Å². The number of hydrogen-bond acceptors (Lipinski definition) is 6. The van der Waals surface area contributed by atoms with Crippen LogP contribution in [0.4, 0.5) is 4.79 Å². The first kappa shape index (κ1) is 20.9. The van der Waals surface area contributed by atoms with Crippen LogP contribution in [0.1, 0.15) is 37.7 Å². The second-order valence-corrected chi connectivity index (χ2v) is 11.2. The van der Waals surface area contributed by atoms with Gasteiger partial charge in [0.25, 0.3) is 0 Å². The predicted molar refractivity (Wildman–Crippen MR) is 108 cm³/mol. The number of alkyl carbamates (subject to hydrolysis) is 1. The maximum absolute atomic E-state index is 13.5. The van der Waals surface area contributed by atoms with Gasteiger partial charge in [0.2, 0.25) is 5.91 Å². The number of carbonyl (C=O) groups excluding carboxylic acids is 2. The van der Waals surface area contributed by atoms with Crippen molar-refractivity contribution in [1.29, 1.82) is 5.26 Å². The number of likely N-dealkylation sites (tertiary alicyclic amines) is 1. The summed E-state index contributed by atoms with van der Waals surface area (Å²) in [4.78, 5) is 27.2. The number of hydrogen-bond donors (Lipinski definition) is 1. The van der Waals surface area contributed by atoms with E-state index in [9.17, 15) is 18.0 Å². The summed E-state index contributed by atoms with van der Waals surface area (Å²) in [6.45, 7) is -0.0334. The Morgan fingerprint density at radius 2 is 1.87 bits per heavy atom.